The van der Waals surface area contributed by atoms with Gasteiger partial charge in [-0.3, -0.25) is 19.7 Å². The van der Waals surface area contributed by atoms with Crippen LogP contribution in [-0.2, 0) is 16.1 Å². The van der Waals surface area contributed by atoms with Crippen LogP contribution in [0.4, 0.5) is 16.3 Å². The summed E-state index contributed by atoms with van der Waals surface area (Å²) in [7, 11) is 0. The molecule has 3 heterocycles. The Hall–Kier alpha value is -4.00. The number of benzene rings is 1. The zero-order valence-electron chi connectivity index (χ0n) is 21.9. The van der Waals surface area contributed by atoms with E-state index in [1.165, 1.54) is 9.58 Å². The zero-order chi connectivity index (χ0) is 28.1. The van der Waals surface area contributed by atoms with Gasteiger partial charge in [0.2, 0.25) is 11.8 Å². The molecule has 5 N–H and O–H groups in total. The molecule has 1 fully saturated rings. The van der Waals surface area contributed by atoms with Crippen molar-refractivity contribution in [1.82, 2.24) is 24.6 Å². The lowest BCUT2D eigenvalue weighted by Gasteiger charge is -2.26. The molecule has 0 unspecified atom stereocenters. The molecule has 2 aromatic heterocycles. The molecule has 4 rings (SSSR count). The fourth-order valence-electron chi connectivity index (χ4n) is 4.47. The van der Waals surface area contributed by atoms with Gasteiger partial charge in [0, 0.05) is 30.2 Å². The van der Waals surface area contributed by atoms with E-state index < -0.39 is 0 Å². The standard InChI is InChI=1S/C26H32BrN9O3/c1-16(2)35(14-22(37)32-21-8-6-7-20(27)31-21)23(38)15-36-19-10-9-17(13-18(19)24(33-36)25(28)29)30-26(39)34-11-4-3-5-12-34/h6-10,13,16H,3-5,11-12,14-15H2,1-2H3,(H3,28,29)(H,30,39)(H,31,32,37). The summed E-state index contributed by atoms with van der Waals surface area (Å²) in [6.45, 7) is 4.75. The highest BCUT2D eigenvalue weighted by Crippen LogP contribution is 2.24. The molecular formula is C26H32BrN9O3. The molecule has 1 aromatic carbocycles. The fourth-order valence-corrected chi connectivity index (χ4v) is 4.81. The number of nitrogens with zero attached hydrogens (tertiary/aromatic N) is 5. The molecule has 0 bridgehead atoms. The van der Waals surface area contributed by atoms with Crippen molar-refractivity contribution in [3.8, 4) is 0 Å². The van der Waals surface area contributed by atoms with Gasteiger partial charge in [0.05, 0.1) is 5.52 Å². The topological polar surface area (TPSA) is 162 Å². The van der Waals surface area contributed by atoms with Crippen LogP contribution in [0.25, 0.3) is 10.9 Å². The highest BCUT2D eigenvalue weighted by atomic mass is 79.9. The number of likely N-dealkylation sites (tertiary alicyclic amines) is 1. The monoisotopic (exact) mass is 597 g/mol. The van der Waals surface area contributed by atoms with Gasteiger partial charge >= 0.3 is 6.03 Å². The second-order valence-electron chi connectivity index (χ2n) is 9.64. The van der Waals surface area contributed by atoms with E-state index in [1.54, 1.807) is 41.3 Å². The summed E-state index contributed by atoms with van der Waals surface area (Å²) in [6.07, 6.45) is 3.09. The third-order valence-electron chi connectivity index (χ3n) is 6.43. The smallest absolute Gasteiger partial charge is 0.321 e. The van der Waals surface area contributed by atoms with Crippen molar-refractivity contribution < 1.29 is 14.4 Å². The first-order valence-electron chi connectivity index (χ1n) is 12.7. The molecule has 0 saturated carbocycles. The lowest BCUT2D eigenvalue weighted by molar-refractivity contribution is -0.137. The summed E-state index contributed by atoms with van der Waals surface area (Å²) < 4.78 is 2.05. The number of aromatic nitrogens is 3. The maximum absolute atomic E-state index is 13.3. The van der Waals surface area contributed by atoms with E-state index in [4.69, 9.17) is 11.1 Å². The molecule has 39 heavy (non-hydrogen) atoms. The number of hydrogen-bond acceptors (Lipinski definition) is 6. The third-order valence-corrected chi connectivity index (χ3v) is 6.87. The van der Waals surface area contributed by atoms with E-state index in [0.29, 0.717) is 27.0 Å². The number of nitrogens with two attached hydrogens (primary N) is 1. The van der Waals surface area contributed by atoms with E-state index in [-0.39, 0.29) is 48.5 Å². The number of rotatable bonds is 8. The van der Waals surface area contributed by atoms with Gasteiger partial charge in [0.25, 0.3) is 0 Å². The van der Waals surface area contributed by atoms with Crippen LogP contribution in [0.2, 0.25) is 0 Å². The van der Waals surface area contributed by atoms with Gasteiger partial charge in [-0.1, -0.05) is 6.07 Å². The number of anilines is 2. The number of amides is 4. The summed E-state index contributed by atoms with van der Waals surface area (Å²) in [5, 5.41) is 18.6. The van der Waals surface area contributed by atoms with E-state index in [0.717, 1.165) is 32.4 Å². The number of amidine groups is 1. The molecule has 206 valence electrons. The first-order valence-corrected chi connectivity index (χ1v) is 13.5. The van der Waals surface area contributed by atoms with E-state index in [2.05, 4.69) is 36.6 Å². The summed E-state index contributed by atoms with van der Waals surface area (Å²) in [5.41, 5.74) is 7.14. The summed E-state index contributed by atoms with van der Waals surface area (Å²) in [5.74, 6) is -0.596. The van der Waals surface area contributed by atoms with Crippen LogP contribution in [0.1, 0.15) is 38.8 Å². The highest BCUT2D eigenvalue weighted by molar-refractivity contribution is 9.10. The first-order chi connectivity index (χ1) is 18.6. The molecule has 0 atom stereocenters. The minimum atomic E-state index is -0.383. The van der Waals surface area contributed by atoms with Gasteiger partial charge < -0.3 is 26.2 Å². The molecule has 4 amide bonds. The predicted molar refractivity (Wildman–Crippen MR) is 153 cm³/mol. The van der Waals surface area contributed by atoms with Crippen molar-refractivity contribution in [2.24, 2.45) is 5.73 Å². The Kier molecular flexibility index (Phi) is 8.79. The Balaban J connectivity index is 1.51. The van der Waals surface area contributed by atoms with Gasteiger partial charge in [0.1, 0.15) is 35.0 Å². The van der Waals surface area contributed by atoms with Crippen LogP contribution < -0.4 is 16.4 Å². The molecule has 1 aliphatic heterocycles. The number of nitrogen functional groups attached to an aromatic ring is 1. The Morgan fingerprint density at radius 3 is 2.54 bits per heavy atom. The zero-order valence-corrected chi connectivity index (χ0v) is 23.5. The lowest BCUT2D eigenvalue weighted by Crippen LogP contribution is -2.44. The van der Waals surface area contributed by atoms with Crippen molar-refractivity contribution in [2.75, 3.05) is 30.3 Å². The van der Waals surface area contributed by atoms with Gasteiger partial charge in [-0.15, -0.1) is 0 Å². The maximum atomic E-state index is 13.3. The second-order valence-corrected chi connectivity index (χ2v) is 10.5. The largest absolute Gasteiger partial charge is 0.382 e. The number of carbonyl (C=O) groups is 3. The van der Waals surface area contributed by atoms with Crippen LogP contribution in [0, 0.1) is 5.41 Å². The van der Waals surface area contributed by atoms with Crippen molar-refractivity contribution in [3.63, 3.8) is 0 Å². The molecule has 0 radical (unpaired) electrons. The Morgan fingerprint density at radius 2 is 1.87 bits per heavy atom. The average molecular weight is 599 g/mol. The summed E-state index contributed by atoms with van der Waals surface area (Å²) >= 11 is 3.27. The van der Waals surface area contributed by atoms with Gasteiger partial charge in [-0.2, -0.15) is 5.10 Å². The van der Waals surface area contributed by atoms with Gasteiger partial charge in [-0.05, 0) is 79.4 Å². The number of urea groups is 1. The second kappa shape index (κ2) is 12.2. The maximum Gasteiger partial charge on any atom is 0.321 e. The van der Waals surface area contributed by atoms with Gasteiger partial charge in [0.15, 0.2) is 0 Å². The SMILES string of the molecule is CC(C)N(CC(=O)Nc1cccc(Br)n1)C(=O)Cn1nc(C(=N)N)c2cc(NC(=O)N3CCCCC3)ccc21. The minimum Gasteiger partial charge on any atom is -0.382 e. The van der Waals surface area contributed by atoms with Crippen molar-refractivity contribution in [2.45, 2.75) is 45.7 Å². The van der Waals surface area contributed by atoms with Crippen LogP contribution >= 0.6 is 15.9 Å². The number of pyridine rings is 1. The summed E-state index contributed by atoms with van der Waals surface area (Å²) in [4.78, 5) is 46.1. The lowest BCUT2D eigenvalue weighted by atomic mass is 10.1. The summed E-state index contributed by atoms with van der Waals surface area (Å²) in [6, 6.07) is 9.89. The predicted octanol–water partition coefficient (Wildman–Crippen LogP) is 3.37. The van der Waals surface area contributed by atoms with Crippen molar-refractivity contribution >= 4 is 62.0 Å². The molecule has 3 aromatic rings. The normalized spacial score (nSPS) is 13.4. The number of fused-ring (bicyclic) bond motifs is 1. The first kappa shape index (κ1) is 28.0. The molecule has 13 heteroatoms. The Bertz CT molecular complexity index is 1400. The van der Waals surface area contributed by atoms with Crippen LogP contribution in [0.3, 0.4) is 0 Å². The molecular weight excluding hydrogens is 566 g/mol. The fraction of sp³-hybridized carbons (Fsp3) is 0.385. The van der Waals surface area contributed by atoms with E-state index >= 15 is 0 Å². The third kappa shape index (κ3) is 6.91. The number of nitrogens with one attached hydrogen (secondary N) is 3. The Morgan fingerprint density at radius 1 is 1.13 bits per heavy atom. The number of carbonyl (C=O) groups excluding carboxylic acids is 3. The van der Waals surface area contributed by atoms with Crippen LogP contribution in [-0.4, -0.2) is 73.9 Å². The quantitative estimate of drug-likeness (QED) is 0.177. The van der Waals surface area contributed by atoms with Crippen molar-refractivity contribution in [1.29, 1.82) is 5.41 Å². The average Bonchev–Trinajstić information content (AvgIpc) is 3.25. The van der Waals surface area contributed by atoms with Gasteiger partial charge in [-0.25, -0.2) is 9.78 Å². The van der Waals surface area contributed by atoms with Crippen LogP contribution in [0.15, 0.2) is 41.0 Å². The van der Waals surface area contributed by atoms with Crippen molar-refractivity contribution in [3.05, 3.63) is 46.7 Å². The molecule has 1 aliphatic rings. The minimum absolute atomic E-state index is 0.163. The number of piperidine rings is 1. The van der Waals surface area contributed by atoms with E-state index in [1.807, 2.05) is 13.8 Å². The van der Waals surface area contributed by atoms with Crippen LogP contribution in [0.5, 0.6) is 0 Å². The number of halogens is 1. The molecule has 12 nitrogen and oxygen atoms in total. The highest BCUT2D eigenvalue weighted by Gasteiger charge is 2.24. The molecule has 0 spiro atoms. The molecule has 0 aliphatic carbocycles. The Labute approximate surface area is 234 Å². The molecule has 1 saturated heterocycles. The van der Waals surface area contributed by atoms with E-state index in [9.17, 15) is 14.4 Å². The number of hydrogen-bond donors (Lipinski definition) is 4.